The lowest BCUT2D eigenvalue weighted by atomic mass is 10.2. The van der Waals surface area contributed by atoms with E-state index in [0.717, 1.165) is 5.69 Å². The van der Waals surface area contributed by atoms with Crippen LogP contribution in [0.3, 0.4) is 0 Å². The van der Waals surface area contributed by atoms with Crippen molar-refractivity contribution in [3.63, 3.8) is 0 Å². The van der Waals surface area contributed by atoms with Gasteiger partial charge in [-0.1, -0.05) is 18.0 Å². The number of hydrogen-bond donors (Lipinski definition) is 2. The Morgan fingerprint density at radius 1 is 1.60 bits per heavy atom. The Morgan fingerprint density at radius 3 is 3.00 bits per heavy atom. The molecule has 0 atom stereocenters. The third-order valence-corrected chi connectivity index (χ3v) is 2.91. The molecule has 2 rings (SSSR count). The number of oxime groups is 1. The lowest BCUT2D eigenvalue weighted by Gasteiger charge is -2.13. The number of aromatic nitrogens is 2. The number of rotatable bonds is 3. The number of hydrogen-bond acceptors (Lipinski definition) is 3. The zero-order valence-corrected chi connectivity index (χ0v) is 8.63. The maximum atomic E-state index is 8.52. The Hall–Kier alpha value is -1.52. The molecule has 5 heteroatoms. The molecule has 0 aliphatic heterocycles. The van der Waals surface area contributed by atoms with E-state index >= 15 is 0 Å². The molecule has 1 heterocycles. The molecule has 15 heavy (non-hydrogen) atoms. The molecule has 3 N–H and O–H groups in total. The number of nitrogens with zero attached hydrogens (tertiary/aromatic N) is 3. The highest BCUT2D eigenvalue weighted by atomic mass is 16.4. The molecule has 0 amide bonds. The van der Waals surface area contributed by atoms with Gasteiger partial charge in [-0.25, -0.2) is 0 Å². The summed E-state index contributed by atoms with van der Waals surface area (Å²) in [6.45, 7) is 0. The molecule has 1 aliphatic rings. The minimum Gasteiger partial charge on any atom is -0.409 e. The quantitative estimate of drug-likeness (QED) is 0.340. The molecule has 1 fully saturated rings. The van der Waals surface area contributed by atoms with Gasteiger partial charge in [-0.2, -0.15) is 5.10 Å². The highest BCUT2D eigenvalue weighted by Gasteiger charge is 2.19. The molecule has 1 aliphatic carbocycles. The summed E-state index contributed by atoms with van der Waals surface area (Å²) in [5, 5.41) is 15.8. The van der Waals surface area contributed by atoms with Crippen LogP contribution in [-0.2, 0) is 6.42 Å². The first kappa shape index (κ1) is 10.0. The molecular weight excluding hydrogens is 192 g/mol. The smallest absolute Gasteiger partial charge is 0.145 e. The van der Waals surface area contributed by atoms with Crippen molar-refractivity contribution in [2.75, 3.05) is 0 Å². The van der Waals surface area contributed by atoms with Crippen LogP contribution >= 0.6 is 0 Å². The molecule has 0 saturated heterocycles. The lowest BCUT2D eigenvalue weighted by molar-refractivity contribution is 0.317. The van der Waals surface area contributed by atoms with Crippen molar-refractivity contribution >= 4 is 5.84 Å². The minimum atomic E-state index is 0.231. The van der Waals surface area contributed by atoms with E-state index in [1.807, 2.05) is 10.7 Å². The fraction of sp³-hybridized carbons (Fsp3) is 0.600. The molecule has 1 aromatic rings. The van der Waals surface area contributed by atoms with E-state index in [2.05, 4.69) is 10.3 Å². The zero-order chi connectivity index (χ0) is 10.7. The summed E-state index contributed by atoms with van der Waals surface area (Å²) < 4.78 is 2.02. The molecule has 5 nitrogen and oxygen atoms in total. The summed E-state index contributed by atoms with van der Waals surface area (Å²) in [5.41, 5.74) is 6.52. The van der Waals surface area contributed by atoms with Gasteiger partial charge < -0.3 is 10.9 Å². The summed E-state index contributed by atoms with van der Waals surface area (Å²) >= 11 is 0. The fourth-order valence-corrected chi connectivity index (χ4v) is 2.18. The summed E-state index contributed by atoms with van der Waals surface area (Å²) in [6, 6.07) is 2.43. The fourth-order valence-electron chi connectivity index (χ4n) is 2.18. The van der Waals surface area contributed by atoms with Gasteiger partial charge in [0.05, 0.1) is 12.5 Å². The standard InChI is InChI=1S/C10H16N4O/c11-10(13-15)7-9-5-6-12-14(9)8-3-1-2-4-8/h5-6,8,15H,1-4,7H2,(H2,11,13). The Kier molecular flexibility index (Phi) is 2.89. The van der Waals surface area contributed by atoms with Crippen LogP contribution < -0.4 is 5.73 Å². The highest BCUT2D eigenvalue weighted by molar-refractivity contribution is 5.81. The monoisotopic (exact) mass is 208 g/mol. The van der Waals surface area contributed by atoms with Gasteiger partial charge in [0, 0.05) is 11.9 Å². The molecule has 0 aromatic carbocycles. The Labute approximate surface area is 88.6 Å². The second-order valence-electron chi connectivity index (χ2n) is 3.97. The first-order valence-corrected chi connectivity index (χ1v) is 5.30. The third-order valence-electron chi connectivity index (χ3n) is 2.91. The second kappa shape index (κ2) is 4.33. The molecule has 82 valence electrons. The predicted molar refractivity (Wildman–Crippen MR) is 56.8 cm³/mol. The molecule has 1 saturated carbocycles. The predicted octanol–water partition coefficient (Wildman–Crippen LogP) is 1.29. The molecule has 0 radical (unpaired) electrons. The van der Waals surface area contributed by atoms with Crippen molar-refractivity contribution < 1.29 is 5.21 Å². The minimum absolute atomic E-state index is 0.231. The van der Waals surface area contributed by atoms with E-state index in [9.17, 15) is 0 Å². The van der Waals surface area contributed by atoms with Crippen LogP contribution in [0, 0.1) is 0 Å². The van der Waals surface area contributed by atoms with Crippen LogP contribution in [0.25, 0.3) is 0 Å². The Morgan fingerprint density at radius 2 is 2.33 bits per heavy atom. The summed E-state index contributed by atoms with van der Waals surface area (Å²) in [4.78, 5) is 0. The first-order valence-electron chi connectivity index (χ1n) is 5.30. The SMILES string of the molecule is N/C(Cc1ccnn1C1CCCC1)=N\O. The second-order valence-corrected chi connectivity index (χ2v) is 3.97. The van der Waals surface area contributed by atoms with E-state index in [0.29, 0.717) is 12.5 Å². The maximum absolute atomic E-state index is 8.52. The van der Waals surface area contributed by atoms with Crippen LogP contribution in [0.1, 0.15) is 37.4 Å². The van der Waals surface area contributed by atoms with Gasteiger partial charge in [-0.05, 0) is 18.9 Å². The maximum Gasteiger partial charge on any atom is 0.145 e. The topological polar surface area (TPSA) is 76.4 Å². The summed E-state index contributed by atoms with van der Waals surface area (Å²) in [7, 11) is 0. The van der Waals surface area contributed by atoms with Crippen molar-refractivity contribution in [2.45, 2.75) is 38.1 Å². The van der Waals surface area contributed by atoms with E-state index in [1.54, 1.807) is 6.20 Å². The van der Waals surface area contributed by atoms with E-state index in [-0.39, 0.29) is 5.84 Å². The van der Waals surface area contributed by atoms with Crippen molar-refractivity contribution in [1.82, 2.24) is 9.78 Å². The lowest BCUT2D eigenvalue weighted by Crippen LogP contribution is -2.19. The normalized spacial score (nSPS) is 18.5. The van der Waals surface area contributed by atoms with Crippen molar-refractivity contribution in [1.29, 1.82) is 0 Å². The van der Waals surface area contributed by atoms with Gasteiger partial charge in [0.2, 0.25) is 0 Å². The van der Waals surface area contributed by atoms with Crippen LogP contribution in [0.2, 0.25) is 0 Å². The van der Waals surface area contributed by atoms with Crippen molar-refractivity contribution in [3.05, 3.63) is 18.0 Å². The largest absolute Gasteiger partial charge is 0.409 e. The average molecular weight is 208 g/mol. The number of nitrogens with two attached hydrogens (primary N) is 1. The Balaban J connectivity index is 2.14. The average Bonchev–Trinajstić information content (AvgIpc) is 2.86. The molecule has 1 aromatic heterocycles. The third kappa shape index (κ3) is 2.11. The molecule has 0 unspecified atom stereocenters. The van der Waals surface area contributed by atoms with E-state index in [1.165, 1.54) is 25.7 Å². The van der Waals surface area contributed by atoms with Gasteiger partial charge >= 0.3 is 0 Å². The zero-order valence-electron chi connectivity index (χ0n) is 8.63. The number of amidine groups is 1. The van der Waals surface area contributed by atoms with Gasteiger partial charge in [0.15, 0.2) is 0 Å². The van der Waals surface area contributed by atoms with Crippen LogP contribution in [0.5, 0.6) is 0 Å². The Bertz CT molecular complexity index is 352. The van der Waals surface area contributed by atoms with Crippen LogP contribution in [-0.4, -0.2) is 20.8 Å². The van der Waals surface area contributed by atoms with Gasteiger partial charge in [-0.3, -0.25) is 4.68 Å². The molecule has 0 bridgehead atoms. The summed E-state index contributed by atoms with van der Waals surface area (Å²) in [6.07, 6.45) is 7.15. The van der Waals surface area contributed by atoms with Gasteiger partial charge in [0.1, 0.15) is 5.84 Å². The highest BCUT2D eigenvalue weighted by Crippen LogP contribution is 2.29. The van der Waals surface area contributed by atoms with Gasteiger partial charge in [0.25, 0.3) is 0 Å². The van der Waals surface area contributed by atoms with Gasteiger partial charge in [-0.15, -0.1) is 0 Å². The van der Waals surface area contributed by atoms with Crippen LogP contribution in [0.15, 0.2) is 17.4 Å². The van der Waals surface area contributed by atoms with Crippen molar-refractivity contribution in [2.24, 2.45) is 10.9 Å². The molecule has 0 spiro atoms. The van der Waals surface area contributed by atoms with Crippen molar-refractivity contribution in [3.8, 4) is 0 Å². The van der Waals surface area contributed by atoms with E-state index in [4.69, 9.17) is 10.9 Å². The first-order chi connectivity index (χ1) is 7.31. The van der Waals surface area contributed by atoms with E-state index < -0.39 is 0 Å². The summed E-state index contributed by atoms with van der Waals surface area (Å²) in [5.74, 6) is 0.231. The van der Waals surface area contributed by atoms with Crippen LogP contribution in [0.4, 0.5) is 0 Å². The molecular formula is C10H16N4O.